The van der Waals surface area contributed by atoms with E-state index in [1.807, 2.05) is 67.5 Å². The van der Waals surface area contributed by atoms with Crippen molar-refractivity contribution in [2.24, 2.45) is 0 Å². The molecule has 0 spiro atoms. The minimum atomic E-state index is -0.476. The number of aromatic nitrogens is 3. The van der Waals surface area contributed by atoms with Gasteiger partial charge >= 0.3 is 21.1 Å². The molecule has 0 unspecified atom stereocenters. The van der Waals surface area contributed by atoms with Gasteiger partial charge in [-0.2, -0.15) is 0 Å². The molecule has 0 atom stereocenters. The normalized spacial score (nSPS) is 15.9. The number of benzene rings is 14. The Morgan fingerprint density at radius 1 is 0.229 bits per heavy atom. The Hall–Kier alpha value is -9.40. The number of nitrogens with zero attached hydrogens (tertiary/aromatic N) is 3. The van der Waals surface area contributed by atoms with Crippen LogP contribution in [-0.2, 0) is 27.9 Å². The molecule has 16 heteroatoms. The van der Waals surface area contributed by atoms with E-state index in [4.69, 9.17) is 27.9 Å². The maximum absolute atomic E-state index is 6.30. The molecule has 9 nitrogen and oxygen atoms in total. The molecule has 3 saturated heterocycles. The third-order valence-electron chi connectivity index (χ3n) is 23.9. The quantitative estimate of drug-likeness (QED) is 0.106. The van der Waals surface area contributed by atoms with E-state index < -0.39 is 14.0 Å². The maximum Gasteiger partial charge on any atom is 0.494 e. The van der Waals surface area contributed by atoms with Crippen molar-refractivity contribution < 1.29 is 27.9 Å². The molecule has 3 aromatic heterocycles. The predicted octanol–water partition coefficient (Wildman–Crippen LogP) is 28.1. The molecule has 0 saturated carbocycles. The van der Waals surface area contributed by atoms with Crippen molar-refractivity contribution in [1.29, 1.82) is 0 Å². The van der Waals surface area contributed by atoms with Crippen molar-refractivity contribution in [3.63, 3.8) is 0 Å². The molecule has 588 valence electrons. The molecule has 14 aromatic carbocycles. The van der Waals surface area contributed by atoms with E-state index in [1.54, 1.807) is 0 Å². The van der Waals surface area contributed by atoms with Gasteiger partial charge in [-0.1, -0.05) is 260 Å². The predicted molar refractivity (Wildman–Crippen MR) is 514 cm³/mol. The smallest absolute Gasteiger partial charge is 0.405 e. The van der Waals surface area contributed by atoms with Gasteiger partial charge in [0.15, 0.2) is 0 Å². The Morgan fingerprint density at radius 3 is 0.873 bits per heavy atom. The lowest BCUT2D eigenvalue weighted by atomic mass is 9.49. The lowest BCUT2D eigenvalue weighted by Gasteiger charge is -2.32. The standard InChI is InChI=1S/C30H28BNO2.C30H20BrN.C24H16BrN.C12H24B2O4.C6H4BrI/c1-29(2)30(3,4)34-31(33-29)23-12-10-11-21(19-23)22-17-18-26-25-15-8-9-16-27(25)32(28(26)20-22)24-13-6-5-7-14-24;31-25-16-13-21(14-17-25)22-7-6-8-23(19-22)24-15-18-28-27-11-4-5-12-29(27)32(30(28)20-24)26-9-2-1-3-10-26;25-19-8-6-7-17(15-19)18-13-14-22-21-11-4-5-12-23(21)26(24(22)16-18)20-9-2-1-3-10-20;1-9(2)10(3,4)16-13(15-9)14-17-11(5,6)12(7,8)18-14;7-5-1-3-6(8)4-2-5/h5-20H,1-4H3;1-20H;1-16H;1-8H3;1-4H. The van der Waals surface area contributed by atoms with Crippen molar-refractivity contribution in [3.05, 3.63) is 357 Å². The van der Waals surface area contributed by atoms with E-state index in [-0.39, 0.29) is 40.7 Å². The van der Waals surface area contributed by atoms with Crippen LogP contribution in [0.4, 0.5) is 0 Å². The Balaban J connectivity index is 0.000000116. The van der Waals surface area contributed by atoms with Gasteiger partial charge < -0.3 is 41.6 Å². The summed E-state index contributed by atoms with van der Waals surface area (Å²) in [6.45, 7) is 24.6. The summed E-state index contributed by atoms with van der Waals surface area (Å²) in [5, 5.41) is 7.64. The average molecular weight is 1850 g/mol. The summed E-state index contributed by atoms with van der Waals surface area (Å²) in [4.78, 5) is 0. The van der Waals surface area contributed by atoms with Crippen molar-refractivity contribution >= 4 is 162 Å². The molecular formula is C102H92B3Br3IN3O6. The average Bonchev–Trinajstić information content (AvgIpc) is 1.60. The van der Waals surface area contributed by atoms with Crippen LogP contribution in [0.5, 0.6) is 0 Å². The first-order chi connectivity index (χ1) is 56.6. The Morgan fingerprint density at radius 2 is 0.508 bits per heavy atom. The fourth-order valence-corrected chi connectivity index (χ4v) is 16.8. The van der Waals surface area contributed by atoms with E-state index >= 15 is 0 Å². The van der Waals surface area contributed by atoms with Crippen LogP contribution in [0.3, 0.4) is 0 Å². The molecular weight excluding hydrogens is 1760 g/mol. The van der Waals surface area contributed by atoms with Crippen LogP contribution in [-0.4, -0.2) is 68.4 Å². The van der Waals surface area contributed by atoms with Gasteiger partial charge in [0.1, 0.15) is 0 Å². The molecule has 20 rings (SSSR count). The molecule has 0 N–H and O–H groups in total. The van der Waals surface area contributed by atoms with Crippen LogP contribution in [0.1, 0.15) is 83.1 Å². The number of rotatable bonds is 9. The molecule has 3 aliphatic rings. The van der Waals surface area contributed by atoms with Crippen molar-refractivity contribution in [1.82, 2.24) is 13.7 Å². The van der Waals surface area contributed by atoms with Crippen molar-refractivity contribution in [2.75, 3.05) is 0 Å². The molecule has 0 radical (unpaired) electrons. The lowest BCUT2D eigenvalue weighted by Crippen LogP contribution is -2.41. The second-order valence-electron chi connectivity index (χ2n) is 33.3. The van der Waals surface area contributed by atoms with Crippen LogP contribution < -0.4 is 5.46 Å². The molecule has 118 heavy (non-hydrogen) atoms. The number of fused-ring (bicyclic) bond motifs is 9. The molecule has 17 aromatic rings. The van der Waals surface area contributed by atoms with Gasteiger partial charge in [-0.15, -0.1) is 0 Å². The summed E-state index contributed by atoms with van der Waals surface area (Å²) in [7, 11) is -1.32. The lowest BCUT2D eigenvalue weighted by molar-refractivity contribution is 0.00578. The van der Waals surface area contributed by atoms with Crippen LogP contribution in [0.15, 0.2) is 353 Å². The van der Waals surface area contributed by atoms with Crippen molar-refractivity contribution in [3.8, 4) is 61.6 Å². The summed E-state index contributed by atoms with van der Waals surface area (Å²) >= 11 is 12.7. The van der Waals surface area contributed by atoms with E-state index in [0.29, 0.717) is 0 Å². The molecule has 3 aliphatic heterocycles. The topological polar surface area (TPSA) is 70.2 Å². The van der Waals surface area contributed by atoms with Crippen LogP contribution >= 0.6 is 70.4 Å². The molecule has 6 heterocycles. The first-order valence-electron chi connectivity index (χ1n) is 40.1. The number of halogens is 4. The van der Waals surface area contributed by atoms with Gasteiger partial charge in [-0.05, 0) is 283 Å². The summed E-state index contributed by atoms with van der Waals surface area (Å²) in [6.07, 6.45) is 0. The van der Waals surface area contributed by atoms with E-state index in [1.165, 1.54) is 119 Å². The Kier molecular flexibility index (Phi) is 23.5. The highest BCUT2D eigenvalue weighted by molar-refractivity contribution is 14.1. The van der Waals surface area contributed by atoms with Crippen LogP contribution in [0.25, 0.3) is 127 Å². The zero-order chi connectivity index (χ0) is 82.5. The molecule has 3 fully saturated rings. The number of hydrogen-bond acceptors (Lipinski definition) is 6. The molecule has 0 bridgehead atoms. The van der Waals surface area contributed by atoms with Gasteiger partial charge in [0.2, 0.25) is 0 Å². The largest absolute Gasteiger partial charge is 0.494 e. The third kappa shape index (κ3) is 16.9. The first kappa shape index (κ1) is 82.3. The zero-order valence-electron chi connectivity index (χ0n) is 68.4. The SMILES string of the molecule is Brc1ccc(-c2cccc(-c3ccc4c5ccccc5n(-c5ccccc5)c4c3)c2)cc1.Brc1ccc(I)cc1.Brc1cccc(-c2ccc3c4ccccc4n(-c4ccccc4)c3c2)c1.CC1(C)OB(B2OC(C)(C)C(C)(C)O2)OC1(C)C.CC1(C)OB(c2cccc(-c3ccc4c5ccccc5n(-c5ccccc5)c4c3)c2)OC1(C)C. The van der Waals surface area contributed by atoms with Gasteiger partial charge in [0.25, 0.3) is 0 Å². The summed E-state index contributed by atoms with van der Waals surface area (Å²) in [6, 6.07) is 120. The van der Waals surface area contributed by atoms with Gasteiger partial charge in [0, 0.05) is 66.4 Å². The third-order valence-corrected chi connectivity index (χ3v) is 26.2. The minimum Gasteiger partial charge on any atom is -0.405 e. The first-order valence-corrected chi connectivity index (χ1v) is 43.5. The zero-order valence-corrected chi connectivity index (χ0v) is 75.3. The fraction of sp³-hybridized carbons (Fsp3) is 0.176. The highest BCUT2D eigenvalue weighted by Gasteiger charge is 2.64. The Bertz CT molecular complexity index is 6390. The summed E-state index contributed by atoms with van der Waals surface area (Å²) in [5.74, 6) is 0. The summed E-state index contributed by atoms with van der Waals surface area (Å²) < 4.78 is 48.1. The van der Waals surface area contributed by atoms with E-state index in [0.717, 1.165) is 30.1 Å². The second kappa shape index (κ2) is 33.7. The highest BCUT2D eigenvalue weighted by atomic mass is 127. The van der Waals surface area contributed by atoms with Crippen LogP contribution in [0.2, 0.25) is 0 Å². The monoisotopic (exact) mass is 1850 g/mol. The van der Waals surface area contributed by atoms with Crippen LogP contribution in [0, 0.1) is 3.57 Å². The highest BCUT2D eigenvalue weighted by Crippen LogP contribution is 2.45. The number of para-hydroxylation sites is 6. The Labute approximate surface area is 732 Å². The van der Waals surface area contributed by atoms with Gasteiger partial charge in [-0.3, -0.25) is 0 Å². The van der Waals surface area contributed by atoms with Gasteiger partial charge in [-0.25, -0.2) is 0 Å². The van der Waals surface area contributed by atoms with Gasteiger partial charge in [0.05, 0.1) is 66.7 Å². The molecule has 0 amide bonds. The molecule has 0 aliphatic carbocycles. The van der Waals surface area contributed by atoms with E-state index in [9.17, 15) is 0 Å². The minimum absolute atomic E-state index is 0.358. The summed E-state index contributed by atoms with van der Waals surface area (Å²) in [5.41, 5.74) is 19.4. The number of hydrogen-bond donors (Lipinski definition) is 0. The van der Waals surface area contributed by atoms with E-state index in [2.05, 4.69) is 439 Å². The van der Waals surface area contributed by atoms with Crippen molar-refractivity contribution in [2.45, 2.75) is 117 Å². The fourth-order valence-electron chi connectivity index (χ4n) is 15.5. The maximum atomic E-state index is 6.30. The second-order valence-corrected chi connectivity index (χ2v) is 37.3.